The smallest absolute Gasteiger partial charge is 0.257 e. The Morgan fingerprint density at radius 2 is 1.77 bits per heavy atom. The number of benzene rings is 1. The quantitative estimate of drug-likeness (QED) is 0.505. The lowest BCUT2D eigenvalue weighted by molar-refractivity contribution is -0.151. The van der Waals surface area contributed by atoms with E-state index in [-0.39, 0.29) is 41.1 Å². The van der Waals surface area contributed by atoms with Crippen molar-refractivity contribution in [3.8, 4) is 0 Å². The van der Waals surface area contributed by atoms with Crippen LogP contribution in [0.5, 0.6) is 0 Å². The zero-order chi connectivity index (χ0) is 27.8. The van der Waals surface area contributed by atoms with E-state index in [1.54, 1.807) is 22.0 Å². The van der Waals surface area contributed by atoms with Gasteiger partial charge in [0.15, 0.2) is 0 Å². The van der Waals surface area contributed by atoms with Gasteiger partial charge >= 0.3 is 0 Å². The molecule has 2 aliphatic heterocycles. The number of ether oxygens (including phenoxy) is 1. The number of hydrogen-bond acceptors (Lipinski definition) is 5. The van der Waals surface area contributed by atoms with Gasteiger partial charge in [0, 0.05) is 56.9 Å². The highest BCUT2D eigenvalue weighted by Gasteiger charge is 2.61. The Labute approximate surface area is 230 Å². The Kier molecular flexibility index (Phi) is 7.55. The van der Waals surface area contributed by atoms with Gasteiger partial charge in [-0.25, -0.2) is 0 Å². The van der Waals surface area contributed by atoms with E-state index in [1.165, 1.54) is 0 Å². The molecule has 2 aromatic rings. The van der Waals surface area contributed by atoms with Crippen LogP contribution in [0, 0.1) is 22.7 Å². The van der Waals surface area contributed by atoms with E-state index in [9.17, 15) is 14.4 Å². The summed E-state index contributed by atoms with van der Waals surface area (Å²) in [6.07, 6.45) is 5.05. The zero-order valence-corrected chi connectivity index (χ0v) is 23.6. The molecule has 1 saturated carbocycles. The molecule has 1 spiro atoms. The minimum atomic E-state index is -0.429. The molecule has 3 aliphatic rings. The monoisotopic (exact) mass is 535 g/mol. The van der Waals surface area contributed by atoms with E-state index < -0.39 is 5.41 Å². The molecule has 1 aromatic carbocycles. The normalized spacial score (nSPS) is 23.4. The van der Waals surface area contributed by atoms with Gasteiger partial charge in [-0.3, -0.25) is 19.1 Å². The average Bonchev–Trinajstić information content (AvgIpc) is 3.24. The number of carbonyl (C=O) groups is 3. The molecule has 3 amide bonds. The summed E-state index contributed by atoms with van der Waals surface area (Å²) in [5, 5.41) is 7.49. The van der Waals surface area contributed by atoms with Crippen molar-refractivity contribution in [3.63, 3.8) is 0 Å². The molecule has 1 aromatic heterocycles. The highest BCUT2D eigenvalue weighted by molar-refractivity contribution is 5.95. The van der Waals surface area contributed by atoms with E-state index in [2.05, 4.69) is 24.3 Å². The van der Waals surface area contributed by atoms with Gasteiger partial charge in [0.2, 0.25) is 11.8 Å². The van der Waals surface area contributed by atoms with E-state index in [0.717, 1.165) is 18.4 Å². The van der Waals surface area contributed by atoms with Crippen LogP contribution in [0.3, 0.4) is 0 Å². The summed E-state index contributed by atoms with van der Waals surface area (Å²) in [4.78, 5) is 43.8. The molecule has 1 unspecified atom stereocenters. The maximum atomic E-state index is 13.6. The van der Waals surface area contributed by atoms with E-state index >= 15 is 0 Å². The second-order valence-corrected chi connectivity index (χ2v) is 12.2. The van der Waals surface area contributed by atoms with Crippen LogP contribution < -0.4 is 5.32 Å². The van der Waals surface area contributed by atoms with Crippen molar-refractivity contribution < 1.29 is 19.1 Å². The first kappa shape index (κ1) is 27.4. The lowest BCUT2D eigenvalue weighted by Crippen LogP contribution is -2.64. The molecule has 2 saturated heterocycles. The second kappa shape index (κ2) is 10.8. The molecular weight excluding hydrogens is 494 g/mol. The molecule has 1 N–H and O–H groups in total. The maximum Gasteiger partial charge on any atom is 0.257 e. The van der Waals surface area contributed by atoms with Gasteiger partial charge in [0.1, 0.15) is 0 Å². The first-order valence-electron chi connectivity index (χ1n) is 14.2. The van der Waals surface area contributed by atoms with Gasteiger partial charge in [-0.15, -0.1) is 0 Å². The second-order valence-electron chi connectivity index (χ2n) is 12.2. The number of rotatable bonds is 10. The highest BCUT2D eigenvalue weighted by Crippen LogP contribution is 2.54. The molecule has 5 rings (SSSR count). The summed E-state index contributed by atoms with van der Waals surface area (Å²) in [5.41, 5.74) is 1.24. The minimum absolute atomic E-state index is 0.0407. The van der Waals surface area contributed by atoms with Crippen LogP contribution >= 0.6 is 0 Å². The molecule has 9 heteroatoms. The fraction of sp³-hybridized carbons (Fsp3) is 0.600. The molecule has 3 fully saturated rings. The highest BCUT2D eigenvalue weighted by atomic mass is 16.5. The van der Waals surface area contributed by atoms with Gasteiger partial charge in [0.05, 0.1) is 30.3 Å². The average molecular weight is 536 g/mol. The fourth-order valence-electron chi connectivity index (χ4n) is 6.19. The minimum Gasteiger partial charge on any atom is -0.377 e. The Morgan fingerprint density at radius 3 is 2.41 bits per heavy atom. The number of nitrogens with zero attached hydrogens (tertiary/aromatic N) is 4. The van der Waals surface area contributed by atoms with Crippen LogP contribution in [-0.4, -0.2) is 82.7 Å². The summed E-state index contributed by atoms with van der Waals surface area (Å²) < 4.78 is 7.48. The molecular formula is C30H41N5O4. The standard InChI is InChI=1S/C30H41N5O4/c1-5-23(39-6-2)14-31-26(36)25-17-33(18-30(25)19-34(20-30)28(38)24-12-29(24,3)4)27(37)22-13-32-35(16-22)15-21-10-8-7-9-11-21/h7-11,13,16,23-25H,5-6,12,14-15,17-20H2,1-4H3,(H,31,36)/t23?,24-,25+/m1/s1. The number of hydrogen-bond donors (Lipinski definition) is 1. The summed E-state index contributed by atoms with van der Waals surface area (Å²) in [7, 11) is 0. The first-order valence-corrected chi connectivity index (χ1v) is 14.2. The van der Waals surface area contributed by atoms with Gasteiger partial charge in [-0.2, -0.15) is 5.10 Å². The van der Waals surface area contributed by atoms with Crippen LogP contribution in [0.15, 0.2) is 42.7 Å². The predicted octanol–water partition coefficient (Wildman–Crippen LogP) is 2.81. The topological polar surface area (TPSA) is 96.8 Å². The summed E-state index contributed by atoms with van der Waals surface area (Å²) >= 11 is 0. The predicted molar refractivity (Wildman–Crippen MR) is 147 cm³/mol. The van der Waals surface area contributed by atoms with E-state index in [0.29, 0.717) is 51.4 Å². The van der Waals surface area contributed by atoms with Crippen molar-refractivity contribution in [3.05, 3.63) is 53.9 Å². The van der Waals surface area contributed by atoms with Crippen LogP contribution in [-0.2, 0) is 20.9 Å². The van der Waals surface area contributed by atoms with Crippen molar-refractivity contribution in [1.29, 1.82) is 0 Å². The van der Waals surface area contributed by atoms with Crippen molar-refractivity contribution in [2.45, 2.75) is 53.2 Å². The Morgan fingerprint density at radius 1 is 1.08 bits per heavy atom. The third-order valence-electron chi connectivity index (χ3n) is 8.82. The van der Waals surface area contributed by atoms with Crippen molar-refractivity contribution in [1.82, 2.24) is 24.9 Å². The number of carbonyl (C=O) groups excluding carboxylic acids is 3. The fourth-order valence-corrected chi connectivity index (χ4v) is 6.19. The van der Waals surface area contributed by atoms with E-state index in [4.69, 9.17) is 4.74 Å². The molecule has 0 radical (unpaired) electrons. The van der Waals surface area contributed by atoms with Crippen molar-refractivity contribution >= 4 is 17.7 Å². The Balaban J connectivity index is 1.28. The largest absolute Gasteiger partial charge is 0.377 e. The molecule has 3 heterocycles. The number of aromatic nitrogens is 2. The van der Waals surface area contributed by atoms with Crippen molar-refractivity contribution in [2.75, 3.05) is 39.3 Å². The summed E-state index contributed by atoms with van der Waals surface area (Å²) in [6.45, 7) is 11.6. The Hall–Kier alpha value is -3.20. The van der Waals surface area contributed by atoms with Crippen LogP contribution in [0.1, 0.15) is 56.5 Å². The van der Waals surface area contributed by atoms with Crippen LogP contribution in [0.2, 0.25) is 0 Å². The Bertz CT molecular complexity index is 1200. The lowest BCUT2D eigenvalue weighted by Gasteiger charge is -2.50. The molecule has 210 valence electrons. The molecule has 39 heavy (non-hydrogen) atoms. The zero-order valence-electron chi connectivity index (χ0n) is 23.6. The van der Waals surface area contributed by atoms with Gasteiger partial charge in [-0.1, -0.05) is 51.1 Å². The van der Waals surface area contributed by atoms with Gasteiger partial charge in [-0.05, 0) is 30.7 Å². The molecule has 1 aliphatic carbocycles. The lowest BCUT2D eigenvalue weighted by atomic mass is 9.71. The number of amides is 3. The van der Waals surface area contributed by atoms with Gasteiger partial charge < -0.3 is 19.9 Å². The van der Waals surface area contributed by atoms with Crippen LogP contribution in [0.25, 0.3) is 0 Å². The molecule has 9 nitrogen and oxygen atoms in total. The first-order chi connectivity index (χ1) is 18.7. The summed E-state index contributed by atoms with van der Waals surface area (Å²) in [6, 6.07) is 9.98. The maximum absolute atomic E-state index is 13.6. The molecule has 0 bridgehead atoms. The van der Waals surface area contributed by atoms with Crippen molar-refractivity contribution in [2.24, 2.45) is 22.7 Å². The third-order valence-corrected chi connectivity index (χ3v) is 8.82. The number of nitrogens with one attached hydrogen (secondary N) is 1. The van der Waals surface area contributed by atoms with Gasteiger partial charge in [0.25, 0.3) is 5.91 Å². The number of likely N-dealkylation sites (tertiary alicyclic amines) is 2. The SMILES string of the molecule is CCOC(CC)CNC(=O)[C@@H]1CN(C(=O)c2cnn(Cc3ccccc3)c2)CC12CN(C(=O)[C@H]1CC1(C)C)C2. The third kappa shape index (κ3) is 5.60. The van der Waals surface area contributed by atoms with Crippen LogP contribution in [0.4, 0.5) is 0 Å². The van der Waals surface area contributed by atoms with E-state index in [1.807, 2.05) is 49.1 Å². The molecule has 3 atom stereocenters. The summed E-state index contributed by atoms with van der Waals surface area (Å²) in [5.74, 6) is -0.330.